The number of carbonyl (C=O) groups is 2. The Morgan fingerprint density at radius 3 is 2.55 bits per heavy atom. The molecule has 33 heavy (non-hydrogen) atoms. The Labute approximate surface area is 198 Å². The lowest BCUT2D eigenvalue weighted by Gasteiger charge is -2.26. The molecule has 0 atom stereocenters. The van der Waals surface area contributed by atoms with Crippen molar-refractivity contribution in [3.05, 3.63) is 52.5 Å². The fourth-order valence-corrected chi connectivity index (χ4v) is 3.83. The summed E-state index contributed by atoms with van der Waals surface area (Å²) in [6.45, 7) is 0. The Morgan fingerprint density at radius 2 is 1.88 bits per heavy atom. The summed E-state index contributed by atoms with van der Waals surface area (Å²) < 4.78 is 11.2. The summed E-state index contributed by atoms with van der Waals surface area (Å²) in [6.07, 6.45) is 3.85. The van der Waals surface area contributed by atoms with Crippen molar-refractivity contribution in [1.29, 1.82) is 0 Å². The molecule has 12 heteroatoms. The molecule has 0 unspecified atom stereocenters. The number of benzene rings is 1. The summed E-state index contributed by atoms with van der Waals surface area (Å²) in [5.41, 5.74) is 0.906. The van der Waals surface area contributed by atoms with Crippen LogP contribution in [0.1, 0.15) is 36.4 Å². The van der Waals surface area contributed by atoms with Crippen LogP contribution < -0.4 is 15.4 Å². The number of ether oxygens (including phenoxy) is 1. The maximum atomic E-state index is 12.4. The molecule has 2 aromatic heterocycles. The van der Waals surface area contributed by atoms with Gasteiger partial charge in [0.1, 0.15) is 6.10 Å². The number of hydrogen-bond donors (Lipinski definition) is 3. The number of carbonyl (C=O) groups excluding carboxylic acids is 1. The zero-order chi connectivity index (χ0) is 23.4. The number of nitrogens with one attached hydrogen (secondary N) is 2. The number of anilines is 3. The van der Waals surface area contributed by atoms with Crippen LogP contribution in [0.4, 0.5) is 17.4 Å². The minimum atomic E-state index is -0.760. The van der Waals surface area contributed by atoms with Crippen LogP contribution in [0.5, 0.6) is 5.88 Å². The number of rotatable bonds is 7. The van der Waals surface area contributed by atoms with Gasteiger partial charge >= 0.3 is 23.8 Å². The van der Waals surface area contributed by atoms with Gasteiger partial charge in [-0.2, -0.15) is 0 Å². The molecule has 1 aliphatic rings. The average molecular weight is 492 g/mol. The Kier molecular flexibility index (Phi) is 6.95. The predicted octanol–water partition coefficient (Wildman–Crippen LogP) is 4.79. The van der Waals surface area contributed by atoms with Crippen molar-refractivity contribution in [2.75, 3.05) is 10.6 Å². The summed E-state index contributed by atoms with van der Waals surface area (Å²) in [5.74, 6) is -1.53. The number of aromatic nitrogens is 3. The molecule has 0 radical (unpaired) electrons. The van der Waals surface area contributed by atoms with Gasteiger partial charge < -0.3 is 24.9 Å². The quantitative estimate of drug-likeness (QED) is 0.425. The van der Waals surface area contributed by atoms with E-state index in [9.17, 15) is 9.59 Å². The summed E-state index contributed by atoms with van der Waals surface area (Å²) in [6, 6.07) is 8.08. The van der Waals surface area contributed by atoms with Crippen molar-refractivity contribution in [3.63, 3.8) is 0 Å². The van der Waals surface area contributed by atoms with E-state index < -0.39 is 11.9 Å². The Bertz CT molecular complexity index is 1150. The van der Waals surface area contributed by atoms with Gasteiger partial charge in [0.15, 0.2) is 0 Å². The third kappa shape index (κ3) is 5.91. The third-order valence-corrected chi connectivity index (χ3v) is 5.64. The molecular formula is C21H19Cl2N5O5. The number of carboxylic acid groups (broad SMARTS) is 1. The van der Waals surface area contributed by atoms with E-state index in [2.05, 4.69) is 25.8 Å². The number of carboxylic acids is 1. The molecule has 3 N–H and O–H groups in total. The van der Waals surface area contributed by atoms with Gasteiger partial charge in [-0.3, -0.25) is 9.59 Å². The number of nitrogens with zero attached hydrogens (tertiary/aromatic N) is 3. The summed E-state index contributed by atoms with van der Waals surface area (Å²) in [5, 5.41) is 22.8. The molecule has 2 heterocycles. The first kappa shape index (κ1) is 22.8. The maximum Gasteiger partial charge on any atom is 0.320 e. The second-order valence-corrected chi connectivity index (χ2v) is 8.27. The van der Waals surface area contributed by atoms with Gasteiger partial charge in [0.05, 0.1) is 28.5 Å². The van der Waals surface area contributed by atoms with Gasteiger partial charge in [0, 0.05) is 11.1 Å². The lowest BCUT2D eigenvalue weighted by Crippen LogP contribution is -2.28. The van der Waals surface area contributed by atoms with Crippen LogP contribution in [0.2, 0.25) is 10.0 Å². The summed E-state index contributed by atoms with van der Waals surface area (Å²) >= 11 is 12.0. The summed E-state index contributed by atoms with van der Waals surface area (Å²) in [4.78, 5) is 27.6. The van der Waals surface area contributed by atoms with Gasteiger partial charge in [-0.25, -0.2) is 4.98 Å². The lowest BCUT2D eigenvalue weighted by molar-refractivity contribution is -0.143. The highest BCUT2D eigenvalue weighted by atomic mass is 35.5. The van der Waals surface area contributed by atoms with Crippen LogP contribution in [0.15, 0.2) is 40.9 Å². The predicted molar refractivity (Wildman–Crippen MR) is 120 cm³/mol. The van der Waals surface area contributed by atoms with E-state index in [1.807, 2.05) is 0 Å². The Hall–Kier alpha value is -3.37. The maximum absolute atomic E-state index is 12.4. The molecule has 0 saturated heterocycles. The van der Waals surface area contributed by atoms with Crippen molar-refractivity contribution in [3.8, 4) is 5.88 Å². The minimum Gasteiger partial charge on any atom is -0.481 e. The van der Waals surface area contributed by atoms with E-state index in [1.54, 1.807) is 30.3 Å². The number of amides is 1. The summed E-state index contributed by atoms with van der Waals surface area (Å²) in [7, 11) is 0. The molecule has 1 amide bonds. The minimum absolute atomic E-state index is 0.0103. The van der Waals surface area contributed by atoms with Gasteiger partial charge in [-0.05, 0) is 49.9 Å². The number of halogens is 2. The average Bonchev–Trinajstić information content (AvgIpc) is 3.26. The Balaban J connectivity index is 1.30. The first-order chi connectivity index (χ1) is 15.9. The zero-order valence-corrected chi connectivity index (χ0v) is 18.6. The second kappa shape index (κ2) is 10.1. The van der Waals surface area contributed by atoms with Gasteiger partial charge in [-0.1, -0.05) is 28.3 Å². The van der Waals surface area contributed by atoms with Gasteiger partial charge in [0.25, 0.3) is 0 Å². The number of pyridine rings is 1. The Morgan fingerprint density at radius 1 is 1.09 bits per heavy atom. The molecule has 10 nitrogen and oxygen atoms in total. The highest BCUT2D eigenvalue weighted by molar-refractivity contribution is 6.36. The molecule has 1 aromatic carbocycles. The fourth-order valence-electron chi connectivity index (χ4n) is 3.38. The number of hydrogen-bond acceptors (Lipinski definition) is 8. The number of aliphatic carboxylic acids is 1. The topological polar surface area (TPSA) is 139 Å². The van der Waals surface area contributed by atoms with Crippen molar-refractivity contribution in [2.24, 2.45) is 5.92 Å². The van der Waals surface area contributed by atoms with Crippen molar-refractivity contribution >= 4 is 52.5 Å². The molecule has 0 aliphatic heterocycles. The second-order valence-electron chi connectivity index (χ2n) is 7.43. The third-order valence-electron chi connectivity index (χ3n) is 5.10. The lowest BCUT2D eigenvalue weighted by atomic mass is 9.87. The SMILES string of the molecule is O=C(Nc1ccc(O[C@H]2CC[C@@H](C(=O)O)CC2)nc1)c1nnc(Nc2ccc(Cl)cc2Cl)o1. The molecule has 1 aliphatic carbocycles. The first-order valence-electron chi connectivity index (χ1n) is 10.1. The van der Waals surface area contributed by atoms with Crippen LogP contribution in [-0.2, 0) is 4.79 Å². The molecule has 4 rings (SSSR count). The van der Waals surface area contributed by atoms with Crippen LogP contribution in [0, 0.1) is 5.92 Å². The van der Waals surface area contributed by atoms with E-state index >= 15 is 0 Å². The zero-order valence-electron chi connectivity index (χ0n) is 17.1. The van der Waals surface area contributed by atoms with Gasteiger partial charge in [0.2, 0.25) is 5.88 Å². The van der Waals surface area contributed by atoms with Gasteiger partial charge in [-0.15, -0.1) is 5.10 Å². The normalized spacial score (nSPS) is 17.9. The molecule has 0 bridgehead atoms. The van der Waals surface area contributed by atoms with Crippen LogP contribution in [-0.4, -0.2) is 38.3 Å². The highest BCUT2D eigenvalue weighted by Crippen LogP contribution is 2.29. The van der Waals surface area contributed by atoms with E-state index in [0.717, 1.165) is 0 Å². The van der Waals surface area contributed by atoms with Crippen LogP contribution in [0.25, 0.3) is 0 Å². The van der Waals surface area contributed by atoms with Crippen molar-refractivity contribution in [1.82, 2.24) is 15.2 Å². The molecule has 1 fully saturated rings. The monoisotopic (exact) mass is 491 g/mol. The first-order valence-corrected chi connectivity index (χ1v) is 10.9. The van der Waals surface area contributed by atoms with E-state index in [4.69, 9.17) is 37.5 Å². The molecular weight excluding hydrogens is 473 g/mol. The van der Waals surface area contributed by atoms with Crippen LogP contribution in [0.3, 0.4) is 0 Å². The van der Waals surface area contributed by atoms with E-state index in [0.29, 0.717) is 53.0 Å². The molecule has 0 spiro atoms. The molecule has 172 valence electrons. The highest BCUT2D eigenvalue weighted by Gasteiger charge is 2.27. The molecule has 1 saturated carbocycles. The fraction of sp³-hybridized carbons (Fsp3) is 0.286. The smallest absolute Gasteiger partial charge is 0.320 e. The van der Waals surface area contributed by atoms with Crippen molar-refractivity contribution < 1.29 is 23.8 Å². The van der Waals surface area contributed by atoms with E-state index in [1.165, 1.54) is 6.20 Å². The molecule has 3 aromatic rings. The van der Waals surface area contributed by atoms with Crippen molar-refractivity contribution in [2.45, 2.75) is 31.8 Å². The van der Waals surface area contributed by atoms with Crippen LogP contribution >= 0.6 is 23.2 Å². The van der Waals surface area contributed by atoms with E-state index in [-0.39, 0.29) is 23.9 Å². The largest absolute Gasteiger partial charge is 0.481 e. The standard InChI is InChI=1S/C21H19Cl2N5O5/c22-12-3-7-16(15(23)9-12)26-21-28-27-19(33-21)18(29)25-13-4-8-17(24-10-13)32-14-5-1-11(2-6-14)20(30)31/h3-4,7-11,14H,1-2,5-6H2,(H,25,29)(H,26,28)(H,30,31)/t11-,14+.